The minimum Gasteiger partial charge on any atom is -0.409 e. The highest BCUT2D eigenvalue weighted by molar-refractivity contribution is 7.99. The molecule has 0 amide bonds. The minimum absolute atomic E-state index is 0.0348. The molecule has 0 fully saturated rings. The van der Waals surface area contributed by atoms with Crippen molar-refractivity contribution in [1.29, 1.82) is 0 Å². The van der Waals surface area contributed by atoms with Crippen LogP contribution in [-0.2, 0) is 0 Å². The maximum atomic E-state index is 8.72. The maximum absolute atomic E-state index is 8.72. The molecule has 0 radical (unpaired) electrons. The number of hydrogen-bond donors (Lipinski definition) is 2. The van der Waals surface area contributed by atoms with E-state index in [9.17, 15) is 0 Å². The summed E-state index contributed by atoms with van der Waals surface area (Å²) < 4.78 is 0. The van der Waals surface area contributed by atoms with Crippen molar-refractivity contribution in [3.05, 3.63) is 42.0 Å². The van der Waals surface area contributed by atoms with Gasteiger partial charge in [-0.05, 0) is 30.8 Å². The summed E-state index contributed by atoms with van der Waals surface area (Å²) in [6.07, 6.45) is 4.89. The molecule has 0 bridgehead atoms. The lowest BCUT2D eigenvalue weighted by atomic mass is 10.2. The van der Waals surface area contributed by atoms with Gasteiger partial charge in [0.25, 0.3) is 0 Å². The molecule has 3 N–H and O–H groups in total. The monoisotopic (exact) mass is 261 g/mol. The first-order valence-corrected chi connectivity index (χ1v) is 5.92. The number of aromatic nitrogens is 3. The third-order valence-corrected chi connectivity index (χ3v) is 3.07. The molecule has 0 aliphatic heterocycles. The van der Waals surface area contributed by atoms with Crippen LogP contribution in [0.3, 0.4) is 0 Å². The van der Waals surface area contributed by atoms with Gasteiger partial charge in [0.1, 0.15) is 0 Å². The van der Waals surface area contributed by atoms with E-state index in [0.29, 0.717) is 10.7 Å². The second kappa shape index (κ2) is 5.46. The van der Waals surface area contributed by atoms with Gasteiger partial charge in [0.15, 0.2) is 11.0 Å². The van der Waals surface area contributed by atoms with E-state index >= 15 is 0 Å². The lowest BCUT2D eigenvalue weighted by Crippen LogP contribution is -2.14. The van der Waals surface area contributed by atoms with E-state index < -0.39 is 0 Å². The van der Waals surface area contributed by atoms with Crippen molar-refractivity contribution in [2.24, 2.45) is 10.9 Å². The summed E-state index contributed by atoms with van der Waals surface area (Å²) in [6.45, 7) is 1.89. The quantitative estimate of drug-likeness (QED) is 0.285. The third-order valence-electron chi connectivity index (χ3n) is 2.14. The van der Waals surface area contributed by atoms with Gasteiger partial charge >= 0.3 is 0 Å². The van der Waals surface area contributed by atoms with Crippen LogP contribution in [0, 0.1) is 6.92 Å². The first kappa shape index (κ1) is 12.3. The first-order chi connectivity index (χ1) is 8.70. The second-order valence-electron chi connectivity index (χ2n) is 3.44. The third kappa shape index (κ3) is 2.75. The van der Waals surface area contributed by atoms with Crippen molar-refractivity contribution in [2.45, 2.75) is 17.0 Å². The molecule has 2 aromatic heterocycles. The van der Waals surface area contributed by atoms with Crippen LogP contribution in [-0.4, -0.2) is 26.0 Å². The average molecular weight is 261 g/mol. The zero-order valence-corrected chi connectivity index (χ0v) is 10.4. The van der Waals surface area contributed by atoms with Gasteiger partial charge in [-0.25, -0.2) is 9.97 Å². The molecule has 2 heterocycles. The molecule has 0 spiro atoms. The lowest BCUT2D eigenvalue weighted by Gasteiger charge is -2.05. The fourth-order valence-electron chi connectivity index (χ4n) is 1.30. The molecule has 92 valence electrons. The van der Waals surface area contributed by atoms with Crippen LogP contribution in [0.4, 0.5) is 0 Å². The summed E-state index contributed by atoms with van der Waals surface area (Å²) in [6, 6.07) is 3.49. The van der Waals surface area contributed by atoms with E-state index in [0.717, 1.165) is 10.6 Å². The number of pyridine rings is 1. The Bertz CT molecular complexity index is 587. The Morgan fingerprint density at radius 3 is 2.94 bits per heavy atom. The molecule has 2 aromatic rings. The maximum Gasteiger partial charge on any atom is 0.192 e. The van der Waals surface area contributed by atoms with E-state index in [2.05, 4.69) is 20.1 Å². The van der Waals surface area contributed by atoms with E-state index in [4.69, 9.17) is 10.9 Å². The Kier molecular flexibility index (Phi) is 3.73. The number of nitrogens with zero attached hydrogens (tertiary/aromatic N) is 4. The van der Waals surface area contributed by atoms with E-state index in [-0.39, 0.29) is 5.84 Å². The normalized spacial score (nSPS) is 11.5. The fraction of sp³-hybridized carbons (Fsp3) is 0.0909. The molecule has 0 aliphatic rings. The summed E-state index contributed by atoms with van der Waals surface area (Å²) in [5, 5.41) is 12.3. The predicted molar refractivity (Wildman–Crippen MR) is 67.6 cm³/mol. The standard InChI is InChI=1S/C11H11N5OS/c1-7-2-5-14-11(15-7)18-9-6-13-4-3-8(9)10(12)16-17/h2-6,17H,1H3,(H2,12,16). The summed E-state index contributed by atoms with van der Waals surface area (Å²) in [5.74, 6) is 0.0348. The van der Waals surface area contributed by atoms with Gasteiger partial charge in [0.2, 0.25) is 0 Å². The van der Waals surface area contributed by atoms with Gasteiger partial charge in [-0.3, -0.25) is 4.98 Å². The highest BCUT2D eigenvalue weighted by atomic mass is 32.2. The molecule has 0 aliphatic carbocycles. The topological polar surface area (TPSA) is 97.3 Å². The highest BCUT2D eigenvalue weighted by Crippen LogP contribution is 2.26. The van der Waals surface area contributed by atoms with Crippen LogP contribution < -0.4 is 5.73 Å². The molecule has 0 saturated heterocycles. The second-order valence-corrected chi connectivity index (χ2v) is 4.45. The van der Waals surface area contributed by atoms with Crippen molar-refractivity contribution in [3.8, 4) is 0 Å². The summed E-state index contributed by atoms with van der Waals surface area (Å²) in [5.41, 5.74) is 7.07. The van der Waals surface area contributed by atoms with Gasteiger partial charge in [-0.1, -0.05) is 5.16 Å². The number of hydrogen-bond acceptors (Lipinski definition) is 6. The minimum atomic E-state index is 0.0348. The molecule has 0 unspecified atom stereocenters. The van der Waals surface area contributed by atoms with E-state index in [1.54, 1.807) is 24.7 Å². The largest absolute Gasteiger partial charge is 0.409 e. The zero-order valence-electron chi connectivity index (χ0n) is 9.61. The van der Waals surface area contributed by atoms with Crippen LogP contribution in [0.2, 0.25) is 0 Å². The molecule has 18 heavy (non-hydrogen) atoms. The van der Waals surface area contributed by atoms with Crippen LogP contribution in [0.25, 0.3) is 0 Å². The Balaban J connectivity index is 2.35. The van der Waals surface area contributed by atoms with Crippen molar-refractivity contribution in [2.75, 3.05) is 0 Å². The summed E-state index contributed by atoms with van der Waals surface area (Å²) >= 11 is 1.32. The lowest BCUT2D eigenvalue weighted by molar-refractivity contribution is 0.318. The number of nitrogens with two attached hydrogens (primary N) is 1. The highest BCUT2D eigenvalue weighted by Gasteiger charge is 2.10. The van der Waals surface area contributed by atoms with Crippen molar-refractivity contribution >= 4 is 17.6 Å². The van der Waals surface area contributed by atoms with Gasteiger partial charge in [-0.2, -0.15) is 0 Å². The zero-order chi connectivity index (χ0) is 13.0. The van der Waals surface area contributed by atoms with Gasteiger partial charge in [0, 0.05) is 34.7 Å². The van der Waals surface area contributed by atoms with Crippen molar-refractivity contribution in [3.63, 3.8) is 0 Å². The Hall–Kier alpha value is -2.15. The number of aryl methyl sites for hydroxylation is 1. The van der Waals surface area contributed by atoms with Crippen LogP contribution in [0.5, 0.6) is 0 Å². The molecule has 2 rings (SSSR count). The van der Waals surface area contributed by atoms with Crippen LogP contribution in [0.1, 0.15) is 11.3 Å². The number of rotatable bonds is 3. The molecular formula is C11H11N5OS. The molecule has 7 heteroatoms. The number of oxime groups is 1. The summed E-state index contributed by atoms with van der Waals surface area (Å²) in [7, 11) is 0. The van der Waals surface area contributed by atoms with Gasteiger partial charge in [-0.15, -0.1) is 0 Å². The smallest absolute Gasteiger partial charge is 0.192 e. The number of amidine groups is 1. The average Bonchev–Trinajstić information content (AvgIpc) is 2.38. The molecule has 6 nitrogen and oxygen atoms in total. The first-order valence-electron chi connectivity index (χ1n) is 5.10. The molecule has 0 atom stereocenters. The van der Waals surface area contributed by atoms with Gasteiger partial charge < -0.3 is 10.9 Å². The van der Waals surface area contributed by atoms with E-state index in [1.165, 1.54) is 11.8 Å². The molecular weight excluding hydrogens is 250 g/mol. The summed E-state index contributed by atoms with van der Waals surface area (Å²) in [4.78, 5) is 13.2. The Morgan fingerprint density at radius 2 is 2.22 bits per heavy atom. The Labute approximate surface area is 108 Å². The molecule has 0 aromatic carbocycles. The van der Waals surface area contributed by atoms with E-state index in [1.807, 2.05) is 13.0 Å². The molecule has 0 saturated carbocycles. The Morgan fingerprint density at radius 1 is 1.39 bits per heavy atom. The van der Waals surface area contributed by atoms with Crippen molar-refractivity contribution < 1.29 is 5.21 Å². The fourth-order valence-corrected chi connectivity index (χ4v) is 2.20. The van der Waals surface area contributed by atoms with Crippen LogP contribution >= 0.6 is 11.8 Å². The van der Waals surface area contributed by atoms with Gasteiger partial charge in [0.05, 0.1) is 0 Å². The SMILES string of the molecule is Cc1ccnc(Sc2cnccc2/C(N)=N/O)n1. The van der Waals surface area contributed by atoms with Crippen molar-refractivity contribution in [1.82, 2.24) is 15.0 Å². The predicted octanol–water partition coefficient (Wildman–Crippen LogP) is 1.43. The van der Waals surface area contributed by atoms with Crippen LogP contribution in [0.15, 0.2) is 45.9 Å².